The molecule has 132 valence electrons. The standard InChI is InChI=1S/C20H24N2O3/c1-15-12-22(13-16(2)24-15)14-20(23)21-17-8-10-19(11-9-17)25-18-6-4-3-5-7-18/h3-11,15-16H,12-14H2,1-2H3,(H,21,23)/t15-,16+. The maximum Gasteiger partial charge on any atom is 0.238 e. The largest absolute Gasteiger partial charge is 0.457 e. The SMILES string of the molecule is C[C@@H]1CN(CC(=O)Nc2ccc(Oc3ccccc3)cc2)C[C@H](C)O1. The van der Waals surface area contributed by atoms with Crippen LogP contribution in [0.15, 0.2) is 54.6 Å². The van der Waals surface area contributed by atoms with E-state index < -0.39 is 0 Å². The van der Waals surface area contributed by atoms with Crippen molar-refractivity contribution < 1.29 is 14.3 Å². The van der Waals surface area contributed by atoms with Gasteiger partial charge in [-0.15, -0.1) is 0 Å². The lowest BCUT2D eigenvalue weighted by Crippen LogP contribution is -2.48. The summed E-state index contributed by atoms with van der Waals surface area (Å²) in [6.07, 6.45) is 0.317. The molecule has 0 unspecified atom stereocenters. The Bertz CT molecular complexity index is 678. The zero-order chi connectivity index (χ0) is 17.6. The van der Waals surface area contributed by atoms with E-state index in [9.17, 15) is 4.79 Å². The maximum atomic E-state index is 12.2. The van der Waals surface area contributed by atoms with Crippen LogP contribution < -0.4 is 10.1 Å². The second-order valence-corrected chi connectivity index (χ2v) is 6.44. The van der Waals surface area contributed by atoms with Crippen molar-refractivity contribution in [1.29, 1.82) is 0 Å². The van der Waals surface area contributed by atoms with Crippen molar-refractivity contribution in [3.05, 3.63) is 54.6 Å². The third-order valence-electron chi connectivity index (χ3n) is 3.98. The number of hydrogen-bond acceptors (Lipinski definition) is 4. The molecule has 2 aromatic carbocycles. The number of benzene rings is 2. The molecular weight excluding hydrogens is 316 g/mol. The van der Waals surface area contributed by atoms with Gasteiger partial charge < -0.3 is 14.8 Å². The van der Waals surface area contributed by atoms with Gasteiger partial charge in [0.05, 0.1) is 18.8 Å². The number of para-hydroxylation sites is 1. The number of nitrogens with zero attached hydrogens (tertiary/aromatic N) is 1. The van der Waals surface area contributed by atoms with Crippen LogP contribution in [0.3, 0.4) is 0 Å². The smallest absolute Gasteiger partial charge is 0.238 e. The first-order valence-electron chi connectivity index (χ1n) is 8.59. The summed E-state index contributed by atoms with van der Waals surface area (Å²) in [6.45, 7) is 6.00. The minimum absolute atomic E-state index is 0.0157. The molecule has 0 aromatic heterocycles. The average Bonchev–Trinajstić information content (AvgIpc) is 2.56. The summed E-state index contributed by atoms with van der Waals surface area (Å²) < 4.78 is 11.4. The zero-order valence-electron chi connectivity index (χ0n) is 14.6. The molecule has 25 heavy (non-hydrogen) atoms. The van der Waals surface area contributed by atoms with Gasteiger partial charge in [0.2, 0.25) is 5.91 Å². The number of rotatable bonds is 5. The Morgan fingerprint density at radius 3 is 2.28 bits per heavy atom. The predicted molar refractivity (Wildman–Crippen MR) is 98.0 cm³/mol. The predicted octanol–water partition coefficient (Wildman–Crippen LogP) is 3.53. The number of nitrogens with one attached hydrogen (secondary N) is 1. The van der Waals surface area contributed by atoms with E-state index in [4.69, 9.17) is 9.47 Å². The Labute approximate surface area is 148 Å². The van der Waals surface area contributed by atoms with Crippen LogP contribution in [0.1, 0.15) is 13.8 Å². The number of anilines is 1. The van der Waals surface area contributed by atoms with Gasteiger partial charge in [0.25, 0.3) is 0 Å². The first kappa shape index (κ1) is 17.5. The molecule has 1 fully saturated rings. The average molecular weight is 340 g/mol. The molecule has 0 bridgehead atoms. The number of hydrogen-bond donors (Lipinski definition) is 1. The van der Waals surface area contributed by atoms with Crippen molar-refractivity contribution >= 4 is 11.6 Å². The van der Waals surface area contributed by atoms with Crippen molar-refractivity contribution in [3.8, 4) is 11.5 Å². The van der Waals surface area contributed by atoms with Crippen molar-refractivity contribution in [2.75, 3.05) is 25.0 Å². The Morgan fingerprint density at radius 2 is 1.64 bits per heavy atom. The van der Waals surface area contributed by atoms with E-state index in [1.54, 1.807) is 0 Å². The fourth-order valence-electron chi connectivity index (χ4n) is 3.05. The fraction of sp³-hybridized carbons (Fsp3) is 0.350. The van der Waals surface area contributed by atoms with Crippen LogP contribution >= 0.6 is 0 Å². The number of morpholine rings is 1. The summed E-state index contributed by atoms with van der Waals surface area (Å²) >= 11 is 0. The Hall–Kier alpha value is -2.37. The van der Waals surface area contributed by atoms with Crippen molar-refractivity contribution in [1.82, 2.24) is 4.90 Å². The van der Waals surface area contributed by atoms with Crippen LogP contribution in [0.5, 0.6) is 11.5 Å². The lowest BCUT2D eigenvalue weighted by molar-refractivity contribution is -0.121. The molecule has 5 nitrogen and oxygen atoms in total. The highest BCUT2D eigenvalue weighted by atomic mass is 16.5. The molecule has 1 aliphatic heterocycles. The van der Waals surface area contributed by atoms with Gasteiger partial charge in [-0.3, -0.25) is 9.69 Å². The van der Waals surface area contributed by atoms with E-state index in [2.05, 4.69) is 10.2 Å². The van der Waals surface area contributed by atoms with Crippen LogP contribution in [-0.4, -0.2) is 42.6 Å². The van der Waals surface area contributed by atoms with E-state index in [0.717, 1.165) is 30.3 Å². The highest BCUT2D eigenvalue weighted by Gasteiger charge is 2.23. The van der Waals surface area contributed by atoms with Crippen LogP contribution in [0, 0.1) is 0 Å². The van der Waals surface area contributed by atoms with Crippen molar-refractivity contribution in [3.63, 3.8) is 0 Å². The molecular formula is C20H24N2O3. The molecule has 0 aliphatic carbocycles. The van der Waals surface area contributed by atoms with Crippen molar-refractivity contribution in [2.24, 2.45) is 0 Å². The fourth-order valence-corrected chi connectivity index (χ4v) is 3.05. The molecule has 0 radical (unpaired) electrons. The lowest BCUT2D eigenvalue weighted by atomic mass is 10.2. The number of amides is 1. The summed E-state index contributed by atoms with van der Waals surface area (Å²) in [7, 11) is 0. The molecule has 0 spiro atoms. The lowest BCUT2D eigenvalue weighted by Gasteiger charge is -2.34. The van der Waals surface area contributed by atoms with E-state index in [1.807, 2.05) is 68.4 Å². The maximum absolute atomic E-state index is 12.2. The van der Waals surface area contributed by atoms with Crippen molar-refractivity contribution in [2.45, 2.75) is 26.1 Å². The highest BCUT2D eigenvalue weighted by Crippen LogP contribution is 2.22. The number of carbonyl (C=O) groups is 1. The van der Waals surface area contributed by atoms with Gasteiger partial charge in [-0.2, -0.15) is 0 Å². The zero-order valence-corrected chi connectivity index (χ0v) is 14.6. The summed E-state index contributed by atoms with van der Waals surface area (Å²) in [5.41, 5.74) is 0.764. The second-order valence-electron chi connectivity index (χ2n) is 6.44. The molecule has 1 heterocycles. The summed E-state index contributed by atoms with van der Waals surface area (Å²) in [4.78, 5) is 14.4. The topological polar surface area (TPSA) is 50.8 Å². The van der Waals surface area contributed by atoms with Gasteiger partial charge in [0.15, 0.2) is 0 Å². The first-order valence-corrected chi connectivity index (χ1v) is 8.59. The Balaban J connectivity index is 1.51. The number of ether oxygens (including phenoxy) is 2. The molecule has 5 heteroatoms. The summed E-state index contributed by atoms with van der Waals surface area (Å²) in [5, 5.41) is 2.93. The third kappa shape index (κ3) is 5.31. The molecule has 1 N–H and O–H groups in total. The van der Waals surface area contributed by atoms with Gasteiger partial charge in [0.1, 0.15) is 11.5 Å². The first-order chi connectivity index (χ1) is 12.1. The van der Waals surface area contributed by atoms with Crippen LogP contribution in [0.25, 0.3) is 0 Å². The van der Waals surface area contributed by atoms with Crippen LogP contribution in [-0.2, 0) is 9.53 Å². The normalized spacial score (nSPS) is 20.9. The molecule has 2 aromatic rings. The quantitative estimate of drug-likeness (QED) is 0.905. The van der Waals surface area contributed by atoms with E-state index in [0.29, 0.717) is 6.54 Å². The van der Waals surface area contributed by atoms with Crippen LogP contribution in [0.4, 0.5) is 5.69 Å². The van der Waals surface area contributed by atoms with E-state index in [-0.39, 0.29) is 18.1 Å². The van der Waals surface area contributed by atoms with E-state index in [1.165, 1.54) is 0 Å². The second kappa shape index (κ2) is 8.14. The summed E-state index contributed by atoms with van der Waals surface area (Å²) in [5.74, 6) is 1.51. The Kier molecular flexibility index (Phi) is 5.68. The van der Waals surface area contributed by atoms with E-state index >= 15 is 0 Å². The summed E-state index contributed by atoms with van der Waals surface area (Å²) in [6, 6.07) is 17.0. The molecule has 1 saturated heterocycles. The van der Waals surface area contributed by atoms with Gasteiger partial charge in [-0.05, 0) is 50.2 Å². The Morgan fingerprint density at radius 1 is 1.04 bits per heavy atom. The number of carbonyl (C=O) groups excluding carboxylic acids is 1. The highest BCUT2D eigenvalue weighted by molar-refractivity contribution is 5.92. The molecule has 3 rings (SSSR count). The molecule has 1 aliphatic rings. The van der Waals surface area contributed by atoms with Gasteiger partial charge in [0, 0.05) is 18.8 Å². The minimum atomic E-state index is -0.0157. The minimum Gasteiger partial charge on any atom is -0.457 e. The monoisotopic (exact) mass is 340 g/mol. The van der Waals surface area contributed by atoms with Crippen LogP contribution in [0.2, 0.25) is 0 Å². The molecule has 1 amide bonds. The van der Waals surface area contributed by atoms with Gasteiger partial charge in [-0.25, -0.2) is 0 Å². The van der Waals surface area contributed by atoms with Gasteiger partial charge >= 0.3 is 0 Å². The molecule has 0 saturated carbocycles. The molecule has 2 atom stereocenters. The third-order valence-corrected chi connectivity index (χ3v) is 3.98. The van der Waals surface area contributed by atoms with Gasteiger partial charge in [-0.1, -0.05) is 18.2 Å².